The fourth-order valence-corrected chi connectivity index (χ4v) is 5.09. The van der Waals surface area contributed by atoms with Crippen molar-refractivity contribution in [1.29, 1.82) is 0 Å². The van der Waals surface area contributed by atoms with Gasteiger partial charge in [0.1, 0.15) is 6.54 Å². The van der Waals surface area contributed by atoms with Gasteiger partial charge in [-0.05, 0) is 30.2 Å². The molecule has 0 amide bonds. The molecule has 2 rings (SSSR count). The molecule has 0 saturated heterocycles. The molecule has 0 spiro atoms. The van der Waals surface area contributed by atoms with Crippen LogP contribution in [0.15, 0.2) is 64.4 Å². The van der Waals surface area contributed by atoms with E-state index in [1.54, 1.807) is 37.3 Å². The molecule has 152 valence electrons. The molecule has 0 unspecified atom stereocenters. The van der Waals surface area contributed by atoms with Crippen molar-refractivity contribution in [2.45, 2.75) is 29.2 Å². The molecule has 8 nitrogen and oxygen atoms in total. The quantitative estimate of drug-likeness (QED) is 0.640. The van der Waals surface area contributed by atoms with E-state index in [1.165, 1.54) is 18.2 Å². The van der Waals surface area contributed by atoms with Gasteiger partial charge < -0.3 is 4.74 Å². The average Bonchev–Trinajstić information content (AvgIpc) is 2.67. The number of hydrogen-bond acceptors (Lipinski definition) is 6. The molecule has 2 N–H and O–H groups in total. The Hall–Kier alpha value is -2.27. The van der Waals surface area contributed by atoms with Crippen LogP contribution in [0.2, 0.25) is 0 Å². The second-order valence-electron chi connectivity index (χ2n) is 5.98. The van der Waals surface area contributed by atoms with Gasteiger partial charge in [-0.15, -0.1) is 0 Å². The predicted molar refractivity (Wildman–Crippen MR) is 103 cm³/mol. The molecular formula is C18H22N2O6S2. The fraction of sp³-hybridized carbons (Fsp3) is 0.278. The molecule has 2 aromatic carbocycles. The Morgan fingerprint density at radius 1 is 1.04 bits per heavy atom. The Morgan fingerprint density at radius 2 is 1.64 bits per heavy atom. The van der Waals surface area contributed by atoms with Crippen LogP contribution in [0.5, 0.6) is 0 Å². The Labute approximate surface area is 165 Å². The molecule has 1 atom stereocenters. The number of rotatable bonds is 8. The highest BCUT2D eigenvalue weighted by Gasteiger charge is 2.34. The molecule has 0 saturated carbocycles. The minimum atomic E-state index is -4.24. The smallest absolute Gasteiger partial charge is 0.321 e. The van der Waals surface area contributed by atoms with Crippen LogP contribution in [0.1, 0.15) is 24.9 Å². The highest BCUT2D eigenvalue weighted by atomic mass is 32.2. The number of hydrogen-bond donors (Lipinski definition) is 1. The van der Waals surface area contributed by atoms with Gasteiger partial charge in [-0.1, -0.05) is 43.3 Å². The minimum Gasteiger partial charge on any atom is -0.468 e. The van der Waals surface area contributed by atoms with Gasteiger partial charge in [0.05, 0.1) is 22.9 Å². The Kier molecular flexibility index (Phi) is 6.94. The van der Waals surface area contributed by atoms with Gasteiger partial charge in [0.25, 0.3) is 0 Å². The van der Waals surface area contributed by atoms with Crippen LogP contribution < -0.4 is 5.14 Å². The van der Waals surface area contributed by atoms with E-state index in [4.69, 9.17) is 5.14 Å². The van der Waals surface area contributed by atoms with E-state index in [-0.39, 0.29) is 9.79 Å². The summed E-state index contributed by atoms with van der Waals surface area (Å²) in [5.41, 5.74) is 0.695. The van der Waals surface area contributed by atoms with Crippen molar-refractivity contribution in [3.05, 3.63) is 60.2 Å². The summed E-state index contributed by atoms with van der Waals surface area (Å²) in [6.45, 7) is 1.27. The maximum absolute atomic E-state index is 13.3. The van der Waals surface area contributed by atoms with E-state index in [1.807, 2.05) is 0 Å². The van der Waals surface area contributed by atoms with Gasteiger partial charge in [-0.25, -0.2) is 22.0 Å². The first-order chi connectivity index (χ1) is 13.1. The highest BCUT2D eigenvalue weighted by Crippen LogP contribution is 2.30. The lowest BCUT2D eigenvalue weighted by molar-refractivity contribution is -0.141. The van der Waals surface area contributed by atoms with Crippen molar-refractivity contribution in [1.82, 2.24) is 4.31 Å². The largest absolute Gasteiger partial charge is 0.468 e. The van der Waals surface area contributed by atoms with Crippen LogP contribution in [0.4, 0.5) is 0 Å². The van der Waals surface area contributed by atoms with Gasteiger partial charge in [-0.2, -0.15) is 4.31 Å². The SMILES string of the molecule is CC[C@H](c1ccccc1)N(CC(=O)OC)S(=O)(=O)c1cccc(S(N)(=O)=O)c1. The summed E-state index contributed by atoms with van der Waals surface area (Å²) >= 11 is 0. The molecular weight excluding hydrogens is 404 g/mol. The van der Waals surface area contributed by atoms with E-state index in [9.17, 15) is 21.6 Å². The molecule has 0 aliphatic heterocycles. The number of methoxy groups -OCH3 is 1. The Bertz CT molecular complexity index is 1040. The molecule has 28 heavy (non-hydrogen) atoms. The number of carbonyl (C=O) groups excluding carboxylic acids is 1. The molecule has 0 aliphatic carbocycles. The predicted octanol–water partition coefficient (Wildman–Crippen LogP) is 1.65. The second-order valence-corrected chi connectivity index (χ2v) is 9.43. The van der Waals surface area contributed by atoms with Crippen molar-refractivity contribution < 1.29 is 26.4 Å². The maximum atomic E-state index is 13.3. The third-order valence-electron chi connectivity index (χ3n) is 4.17. The Morgan fingerprint density at radius 3 is 2.18 bits per heavy atom. The topological polar surface area (TPSA) is 124 Å². The van der Waals surface area contributed by atoms with Crippen LogP contribution in [0.3, 0.4) is 0 Å². The number of carbonyl (C=O) groups is 1. The lowest BCUT2D eigenvalue weighted by Crippen LogP contribution is -2.39. The standard InChI is InChI=1S/C18H22N2O6S2/c1-3-17(14-8-5-4-6-9-14)20(13-18(21)26-2)28(24,25)16-11-7-10-15(12-16)27(19,22)23/h4-12,17H,3,13H2,1-2H3,(H2,19,22,23)/t17-/m1/s1. The van der Waals surface area contributed by atoms with Crippen molar-refractivity contribution in [2.75, 3.05) is 13.7 Å². The zero-order chi connectivity index (χ0) is 20.9. The first-order valence-electron chi connectivity index (χ1n) is 8.37. The number of ether oxygens (including phenoxy) is 1. The van der Waals surface area contributed by atoms with E-state index >= 15 is 0 Å². The summed E-state index contributed by atoms with van der Waals surface area (Å²) < 4.78 is 55.5. The summed E-state index contributed by atoms with van der Waals surface area (Å²) in [5.74, 6) is -0.736. The van der Waals surface area contributed by atoms with E-state index in [0.717, 1.165) is 17.5 Å². The number of sulfonamides is 2. The highest BCUT2D eigenvalue weighted by molar-refractivity contribution is 7.90. The molecule has 0 bridgehead atoms. The van der Waals surface area contributed by atoms with E-state index < -0.39 is 38.6 Å². The second kappa shape index (κ2) is 8.82. The monoisotopic (exact) mass is 426 g/mol. The van der Waals surface area contributed by atoms with Gasteiger partial charge in [-0.3, -0.25) is 4.79 Å². The van der Waals surface area contributed by atoms with Crippen molar-refractivity contribution in [2.24, 2.45) is 5.14 Å². The Balaban J connectivity index is 2.60. The lowest BCUT2D eigenvalue weighted by Gasteiger charge is -2.29. The summed E-state index contributed by atoms with van der Waals surface area (Å²) in [6, 6.07) is 12.9. The van der Waals surface area contributed by atoms with Gasteiger partial charge >= 0.3 is 5.97 Å². The summed E-state index contributed by atoms with van der Waals surface area (Å²) in [6.07, 6.45) is 0.384. The van der Waals surface area contributed by atoms with Crippen LogP contribution in [-0.4, -0.2) is 40.8 Å². The van der Waals surface area contributed by atoms with E-state index in [2.05, 4.69) is 4.74 Å². The van der Waals surface area contributed by atoms with Gasteiger partial charge in [0, 0.05) is 0 Å². The van der Waals surface area contributed by atoms with Crippen molar-refractivity contribution >= 4 is 26.0 Å². The average molecular weight is 427 g/mol. The number of esters is 1. The fourth-order valence-electron chi connectivity index (χ4n) is 2.78. The van der Waals surface area contributed by atoms with Gasteiger partial charge in [0.2, 0.25) is 20.0 Å². The first kappa shape index (κ1) is 22.0. The molecule has 0 aliphatic rings. The summed E-state index contributed by atoms with van der Waals surface area (Å²) in [4.78, 5) is 11.3. The number of nitrogens with zero attached hydrogens (tertiary/aromatic N) is 1. The molecule has 0 fully saturated rings. The molecule has 0 heterocycles. The molecule has 10 heteroatoms. The zero-order valence-corrected chi connectivity index (χ0v) is 17.1. The van der Waals surface area contributed by atoms with Gasteiger partial charge in [0.15, 0.2) is 0 Å². The van der Waals surface area contributed by atoms with Crippen molar-refractivity contribution in [3.63, 3.8) is 0 Å². The molecule has 0 radical (unpaired) electrons. The van der Waals surface area contributed by atoms with Crippen LogP contribution in [0.25, 0.3) is 0 Å². The first-order valence-corrected chi connectivity index (χ1v) is 11.4. The third-order valence-corrected chi connectivity index (χ3v) is 6.93. The lowest BCUT2D eigenvalue weighted by atomic mass is 10.0. The zero-order valence-electron chi connectivity index (χ0n) is 15.5. The third kappa shape index (κ3) is 4.96. The van der Waals surface area contributed by atoms with Crippen LogP contribution in [-0.2, 0) is 29.6 Å². The van der Waals surface area contributed by atoms with Crippen molar-refractivity contribution in [3.8, 4) is 0 Å². The van der Waals surface area contributed by atoms with E-state index in [0.29, 0.717) is 12.0 Å². The summed E-state index contributed by atoms with van der Waals surface area (Å²) in [7, 11) is -7.16. The molecule has 0 aromatic heterocycles. The van der Waals surface area contributed by atoms with Crippen LogP contribution >= 0.6 is 0 Å². The number of nitrogens with two attached hydrogens (primary N) is 1. The normalized spacial score (nSPS) is 13.3. The number of primary sulfonamides is 1. The molecule has 2 aromatic rings. The van der Waals surface area contributed by atoms with Crippen LogP contribution in [0, 0.1) is 0 Å². The number of benzene rings is 2. The minimum absolute atomic E-state index is 0.280. The maximum Gasteiger partial charge on any atom is 0.321 e. The summed E-state index contributed by atoms with van der Waals surface area (Å²) in [5, 5.41) is 5.11.